The summed E-state index contributed by atoms with van der Waals surface area (Å²) >= 11 is 0. The van der Waals surface area contributed by atoms with E-state index in [0.717, 1.165) is 19.4 Å². The van der Waals surface area contributed by atoms with E-state index >= 15 is 0 Å². The van der Waals surface area contributed by atoms with Crippen LogP contribution in [-0.4, -0.2) is 79.8 Å². The number of aliphatic hydroxyl groups is 1. The minimum Gasteiger partial charge on any atom is -0.392 e. The average Bonchev–Trinajstić information content (AvgIpc) is 2.88. The average molecular weight is 256 g/mol. The van der Waals surface area contributed by atoms with Crippen LogP contribution in [0.4, 0.5) is 0 Å². The fourth-order valence-electron chi connectivity index (χ4n) is 2.88. The van der Waals surface area contributed by atoms with Crippen molar-refractivity contribution in [1.29, 1.82) is 0 Å². The summed E-state index contributed by atoms with van der Waals surface area (Å²) in [6.07, 6.45) is 1.34. The fourth-order valence-corrected chi connectivity index (χ4v) is 2.88. The molecule has 0 aliphatic carbocycles. The molecule has 5 nitrogen and oxygen atoms in total. The van der Waals surface area contributed by atoms with Crippen molar-refractivity contribution in [3.8, 4) is 0 Å². The maximum Gasteiger partial charge on any atom is 0.152 e. The van der Waals surface area contributed by atoms with E-state index in [0.29, 0.717) is 32.3 Å². The minimum absolute atomic E-state index is 0.0720. The Hall–Kier alpha value is -0.490. The number of likely N-dealkylation sites (tertiary alicyclic amines) is 1. The minimum atomic E-state index is -0.289. The molecule has 0 spiro atoms. The van der Waals surface area contributed by atoms with Crippen molar-refractivity contribution >= 4 is 5.78 Å². The second kappa shape index (κ2) is 6.10. The summed E-state index contributed by atoms with van der Waals surface area (Å²) in [4.78, 5) is 16.4. The van der Waals surface area contributed by atoms with Gasteiger partial charge in [0.05, 0.1) is 19.3 Å². The van der Waals surface area contributed by atoms with E-state index in [1.807, 2.05) is 14.1 Å². The summed E-state index contributed by atoms with van der Waals surface area (Å²) in [5, 5.41) is 9.76. The van der Waals surface area contributed by atoms with Crippen LogP contribution in [0.5, 0.6) is 0 Å². The molecule has 2 fully saturated rings. The van der Waals surface area contributed by atoms with Crippen LogP contribution in [0.2, 0.25) is 0 Å². The Balaban J connectivity index is 1.87. The second-order valence-corrected chi connectivity index (χ2v) is 5.76. The number of hydrogen-bond donors (Lipinski definition) is 1. The summed E-state index contributed by atoms with van der Waals surface area (Å²) in [7, 11) is 4.05. The fraction of sp³-hybridized carbons (Fsp3) is 0.923. The highest BCUT2D eigenvalue weighted by Crippen LogP contribution is 2.20. The predicted molar refractivity (Wildman–Crippen MR) is 68.5 cm³/mol. The predicted octanol–water partition coefficient (Wildman–Crippen LogP) is -0.411. The van der Waals surface area contributed by atoms with Crippen LogP contribution in [0.1, 0.15) is 12.8 Å². The normalized spacial score (nSPS) is 33.4. The molecule has 5 heteroatoms. The molecule has 104 valence electrons. The summed E-state index contributed by atoms with van der Waals surface area (Å²) in [6, 6.07) is 0.293. The number of hydrogen-bond acceptors (Lipinski definition) is 5. The lowest BCUT2D eigenvalue weighted by Crippen LogP contribution is -2.41. The molecule has 1 N–H and O–H groups in total. The van der Waals surface area contributed by atoms with Gasteiger partial charge in [0.25, 0.3) is 0 Å². The van der Waals surface area contributed by atoms with Crippen LogP contribution in [0.25, 0.3) is 0 Å². The molecule has 0 aromatic heterocycles. The molecule has 18 heavy (non-hydrogen) atoms. The van der Waals surface area contributed by atoms with E-state index in [4.69, 9.17) is 4.74 Å². The van der Waals surface area contributed by atoms with Gasteiger partial charge < -0.3 is 14.7 Å². The molecule has 2 aliphatic rings. The molecule has 2 heterocycles. The number of carbonyl (C=O) groups is 1. The summed E-state index contributed by atoms with van der Waals surface area (Å²) in [6.45, 7) is 3.26. The molecule has 3 unspecified atom stereocenters. The first-order valence-electron chi connectivity index (χ1n) is 6.73. The first kappa shape index (κ1) is 13.9. The smallest absolute Gasteiger partial charge is 0.152 e. The Bertz CT molecular complexity index is 290. The Morgan fingerprint density at radius 1 is 1.50 bits per heavy atom. The molecule has 3 atom stereocenters. The number of nitrogens with zero attached hydrogens (tertiary/aromatic N) is 2. The van der Waals surface area contributed by atoms with Gasteiger partial charge in [-0.2, -0.15) is 0 Å². The third kappa shape index (κ3) is 3.51. The standard InChI is InChI=1S/C13H24N2O3/c1-14(2)6-11-5-12(16)7-15(11)8-13(17)10-3-4-18-9-10/h10-12,16H,3-9H2,1-2H3. The molecule has 0 amide bonds. The van der Waals surface area contributed by atoms with Crippen molar-refractivity contribution in [2.45, 2.75) is 25.0 Å². The summed E-state index contributed by atoms with van der Waals surface area (Å²) in [5.74, 6) is 0.341. The lowest BCUT2D eigenvalue weighted by atomic mass is 10.0. The zero-order valence-electron chi connectivity index (χ0n) is 11.3. The van der Waals surface area contributed by atoms with E-state index < -0.39 is 0 Å². The third-order valence-electron chi connectivity index (χ3n) is 3.83. The van der Waals surface area contributed by atoms with Gasteiger partial charge in [-0.05, 0) is 26.9 Å². The first-order chi connectivity index (χ1) is 8.56. The number of rotatable bonds is 5. The van der Waals surface area contributed by atoms with Gasteiger partial charge in [0, 0.05) is 31.7 Å². The summed E-state index contributed by atoms with van der Waals surface area (Å²) in [5.41, 5.74) is 0. The number of β-amino-alcohol motifs (C(OH)–C–C–N with tert-alkyl or cyclic N) is 1. The van der Waals surface area contributed by atoms with Crippen LogP contribution in [0.15, 0.2) is 0 Å². The van der Waals surface area contributed by atoms with Gasteiger partial charge >= 0.3 is 0 Å². The highest BCUT2D eigenvalue weighted by molar-refractivity contribution is 5.83. The van der Waals surface area contributed by atoms with Crippen molar-refractivity contribution in [2.75, 3.05) is 46.9 Å². The summed E-state index contributed by atoms with van der Waals surface area (Å²) < 4.78 is 5.26. The number of Topliss-reactive ketones (excluding diaryl/α,β-unsaturated/α-hetero) is 1. The molecule has 0 radical (unpaired) electrons. The van der Waals surface area contributed by atoms with E-state index in [2.05, 4.69) is 9.80 Å². The van der Waals surface area contributed by atoms with E-state index in [1.165, 1.54) is 0 Å². The molecule has 0 aromatic carbocycles. The molecular formula is C13H24N2O3. The van der Waals surface area contributed by atoms with Crippen molar-refractivity contribution in [1.82, 2.24) is 9.80 Å². The highest BCUT2D eigenvalue weighted by atomic mass is 16.5. The molecule has 2 aliphatic heterocycles. The van der Waals surface area contributed by atoms with Gasteiger partial charge in [-0.1, -0.05) is 0 Å². The van der Waals surface area contributed by atoms with Gasteiger partial charge in [-0.3, -0.25) is 9.69 Å². The van der Waals surface area contributed by atoms with Crippen molar-refractivity contribution in [3.05, 3.63) is 0 Å². The topological polar surface area (TPSA) is 53.0 Å². The van der Waals surface area contributed by atoms with E-state index in [-0.39, 0.29) is 17.8 Å². The van der Waals surface area contributed by atoms with Crippen LogP contribution in [0.3, 0.4) is 0 Å². The van der Waals surface area contributed by atoms with E-state index in [1.54, 1.807) is 0 Å². The largest absolute Gasteiger partial charge is 0.392 e. The van der Waals surface area contributed by atoms with Gasteiger partial charge in [-0.25, -0.2) is 0 Å². The zero-order chi connectivity index (χ0) is 13.1. The Morgan fingerprint density at radius 3 is 2.89 bits per heavy atom. The van der Waals surface area contributed by atoms with Crippen molar-refractivity contribution in [2.24, 2.45) is 5.92 Å². The van der Waals surface area contributed by atoms with Crippen LogP contribution >= 0.6 is 0 Å². The van der Waals surface area contributed by atoms with Crippen molar-refractivity contribution < 1.29 is 14.6 Å². The molecule has 0 bridgehead atoms. The lowest BCUT2D eigenvalue weighted by molar-refractivity contribution is -0.124. The van der Waals surface area contributed by atoms with Crippen LogP contribution < -0.4 is 0 Å². The van der Waals surface area contributed by atoms with Crippen LogP contribution in [-0.2, 0) is 9.53 Å². The molecule has 2 rings (SSSR count). The quantitative estimate of drug-likeness (QED) is 0.724. The lowest BCUT2D eigenvalue weighted by Gasteiger charge is -2.26. The zero-order valence-corrected chi connectivity index (χ0v) is 11.3. The molecular weight excluding hydrogens is 232 g/mol. The molecule has 0 aromatic rings. The number of carbonyl (C=O) groups excluding carboxylic acids is 1. The molecule has 0 saturated carbocycles. The van der Waals surface area contributed by atoms with Crippen molar-refractivity contribution in [3.63, 3.8) is 0 Å². The van der Waals surface area contributed by atoms with Crippen LogP contribution in [0, 0.1) is 5.92 Å². The number of aliphatic hydroxyl groups excluding tert-OH is 1. The SMILES string of the molecule is CN(C)CC1CC(O)CN1CC(=O)C1CCOC1. The van der Waals surface area contributed by atoms with Gasteiger partial charge in [0.1, 0.15) is 0 Å². The van der Waals surface area contributed by atoms with Gasteiger partial charge in [0.2, 0.25) is 0 Å². The third-order valence-corrected chi connectivity index (χ3v) is 3.83. The number of likely N-dealkylation sites (N-methyl/N-ethyl adjacent to an activating group) is 1. The maximum atomic E-state index is 12.1. The first-order valence-corrected chi connectivity index (χ1v) is 6.73. The Morgan fingerprint density at radius 2 is 2.28 bits per heavy atom. The monoisotopic (exact) mass is 256 g/mol. The Kier molecular flexibility index (Phi) is 4.72. The van der Waals surface area contributed by atoms with Gasteiger partial charge in [0.15, 0.2) is 5.78 Å². The second-order valence-electron chi connectivity index (χ2n) is 5.76. The van der Waals surface area contributed by atoms with E-state index in [9.17, 15) is 9.90 Å². The number of ether oxygens (including phenoxy) is 1. The van der Waals surface area contributed by atoms with Gasteiger partial charge in [-0.15, -0.1) is 0 Å². The maximum absolute atomic E-state index is 12.1. The highest BCUT2D eigenvalue weighted by Gasteiger charge is 2.34. The molecule has 2 saturated heterocycles. The number of ketones is 1. The Labute approximate surface area is 109 Å².